The summed E-state index contributed by atoms with van der Waals surface area (Å²) in [6.07, 6.45) is 0. The molecule has 11 aromatic rings. The molecule has 1 heterocycles. The van der Waals surface area contributed by atoms with Gasteiger partial charge in [0.25, 0.3) is 0 Å². The molecule has 0 fully saturated rings. The summed E-state index contributed by atoms with van der Waals surface area (Å²) in [5.74, 6) is 0. The second-order valence-corrected chi connectivity index (χ2v) is 18.8. The molecular formula is C65H50N2. The van der Waals surface area contributed by atoms with Crippen molar-refractivity contribution in [2.24, 2.45) is 0 Å². The second-order valence-electron chi connectivity index (χ2n) is 18.8. The van der Waals surface area contributed by atoms with Gasteiger partial charge in [-0.25, -0.2) is 0 Å². The Balaban J connectivity index is 0.867. The molecule has 0 bridgehead atoms. The lowest BCUT2D eigenvalue weighted by Crippen LogP contribution is -2.15. The van der Waals surface area contributed by atoms with Crippen LogP contribution < -0.4 is 4.90 Å². The average Bonchev–Trinajstić information content (AvgIpc) is 3.82. The Bertz CT molecular complexity index is 3650. The molecular weight excluding hydrogens is 809 g/mol. The summed E-state index contributed by atoms with van der Waals surface area (Å²) in [6, 6.07) is 85.0. The van der Waals surface area contributed by atoms with Gasteiger partial charge in [-0.2, -0.15) is 0 Å². The molecule has 0 amide bonds. The van der Waals surface area contributed by atoms with E-state index in [2.05, 4.69) is 268 Å². The van der Waals surface area contributed by atoms with Crippen LogP contribution in [0.3, 0.4) is 0 Å². The van der Waals surface area contributed by atoms with Gasteiger partial charge in [0.15, 0.2) is 0 Å². The van der Waals surface area contributed by atoms with Crippen LogP contribution in [0.4, 0.5) is 17.1 Å². The Hall–Kier alpha value is -8.20. The van der Waals surface area contributed by atoms with E-state index in [0.717, 1.165) is 22.7 Å². The highest BCUT2D eigenvalue weighted by atomic mass is 15.1. The topological polar surface area (TPSA) is 8.17 Å². The minimum Gasteiger partial charge on any atom is -0.311 e. The minimum atomic E-state index is -0.0460. The molecule has 0 N–H and O–H groups in total. The van der Waals surface area contributed by atoms with Gasteiger partial charge in [0.1, 0.15) is 0 Å². The van der Waals surface area contributed by atoms with E-state index in [1.165, 1.54) is 99.7 Å². The molecule has 0 saturated carbocycles. The number of anilines is 3. The molecule has 0 spiro atoms. The lowest BCUT2D eigenvalue weighted by atomic mass is 9.81. The van der Waals surface area contributed by atoms with Crippen LogP contribution in [0.5, 0.6) is 0 Å². The highest BCUT2D eigenvalue weighted by Crippen LogP contribution is 2.50. The number of para-hydroxylation sites is 1. The fourth-order valence-electron chi connectivity index (χ4n) is 10.5. The van der Waals surface area contributed by atoms with Gasteiger partial charge in [0, 0.05) is 38.9 Å². The first-order valence-corrected chi connectivity index (χ1v) is 23.4. The van der Waals surface area contributed by atoms with Crippen LogP contribution in [0.25, 0.3) is 83.1 Å². The first-order chi connectivity index (χ1) is 32.8. The van der Waals surface area contributed by atoms with Crippen molar-refractivity contribution < 1.29 is 0 Å². The van der Waals surface area contributed by atoms with Crippen molar-refractivity contribution in [3.05, 3.63) is 253 Å². The standard InChI is InChI=1S/C65H50N2/c1-43-20-29-53(30-21-43)66(55-33-25-47(26-34-55)52-27-36-58-57-35-22-44(2)38-61(57)65(3,4)62(58)42-52)54-31-23-46(24-32-54)51-28-37-64-60(41-51)59-18-8-9-19-63(59)67(64)56-17-11-16-50(40-56)49-15-10-14-48(39-49)45-12-6-5-7-13-45/h5-42H,1-4H3. The van der Waals surface area contributed by atoms with Crippen LogP contribution >= 0.6 is 0 Å². The average molecular weight is 859 g/mol. The maximum Gasteiger partial charge on any atom is 0.0541 e. The van der Waals surface area contributed by atoms with E-state index in [1.54, 1.807) is 0 Å². The molecule has 0 saturated heterocycles. The molecule has 12 rings (SSSR count). The van der Waals surface area contributed by atoms with E-state index in [9.17, 15) is 0 Å². The van der Waals surface area contributed by atoms with E-state index >= 15 is 0 Å². The van der Waals surface area contributed by atoms with Crippen LogP contribution in [0, 0.1) is 13.8 Å². The quantitative estimate of drug-likeness (QED) is 0.148. The summed E-state index contributed by atoms with van der Waals surface area (Å²) in [7, 11) is 0. The Morgan fingerprint density at radius 2 is 0.791 bits per heavy atom. The van der Waals surface area contributed by atoms with Crippen molar-refractivity contribution in [1.82, 2.24) is 4.57 Å². The molecule has 0 unspecified atom stereocenters. The summed E-state index contributed by atoms with van der Waals surface area (Å²) in [6.45, 7) is 9.06. The maximum absolute atomic E-state index is 2.41. The van der Waals surface area contributed by atoms with Crippen molar-refractivity contribution in [3.8, 4) is 61.3 Å². The van der Waals surface area contributed by atoms with Crippen LogP contribution in [-0.2, 0) is 5.41 Å². The summed E-state index contributed by atoms with van der Waals surface area (Å²) < 4.78 is 2.41. The SMILES string of the molecule is Cc1ccc(N(c2ccc(-c3ccc4c(c3)C(C)(C)c3cc(C)ccc3-4)cc2)c2ccc(-c3ccc4c(c3)c3ccccc3n4-c3cccc(-c4cccc(-c5ccccc5)c4)c3)cc2)cc1. The molecule has 2 heteroatoms. The lowest BCUT2D eigenvalue weighted by molar-refractivity contribution is 0.660. The summed E-state index contributed by atoms with van der Waals surface area (Å²) in [4.78, 5) is 2.36. The van der Waals surface area contributed by atoms with Gasteiger partial charge in [-0.15, -0.1) is 0 Å². The first kappa shape index (κ1) is 40.3. The fourth-order valence-corrected chi connectivity index (χ4v) is 10.5. The third-order valence-electron chi connectivity index (χ3n) is 14.1. The van der Waals surface area contributed by atoms with Crippen molar-refractivity contribution in [2.75, 3.05) is 4.90 Å². The first-order valence-electron chi connectivity index (χ1n) is 23.4. The van der Waals surface area contributed by atoms with Gasteiger partial charge < -0.3 is 9.47 Å². The lowest BCUT2D eigenvalue weighted by Gasteiger charge is -2.26. The summed E-state index contributed by atoms with van der Waals surface area (Å²) in [5.41, 5.74) is 24.6. The van der Waals surface area contributed by atoms with Crippen molar-refractivity contribution in [2.45, 2.75) is 33.1 Å². The van der Waals surface area contributed by atoms with E-state index in [1.807, 2.05) is 0 Å². The largest absolute Gasteiger partial charge is 0.311 e. The molecule has 1 aliphatic rings. The Morgan fingerprint density at radius 3 is 1.49 bits per heavy atom. The number of hydrogen-bond donors (Lipinski definition) is 0. The van der Waals surface area contributed by atoms with Crippen molar-refractivity contribution in [3.63, 3.8) is 0 Å². The van der Waals surface area contributed by atoms with Gasteiger partial charge in [-0.05, 0) is 159 Å². The van der Waals surface area contributed by atoms with Crippen LogP contribution in [0.2, 0.25) is 0 Å². The zero-order valence-electron chi connectivity index (χ0n) is 38.3. The molecule has 0 atom stereocenters. The Morgan fingerprint density at radius 1 is 0.328 bits per heavy atom. The molecule has 0 radical (unpaired) electrons. The maximum atomic E-state index is 2.41. The monoisotopic (exact) mass is 858 g/mol. The van der Waals surface area contributed by atoms with E-state index in [0.29, 0.717) is 0 Å². The molecule has 1 aromatic heterocycles. The molecule has 67 heavy (non-hydrogen) atoms. The molecule has 320 valence electrons. The highest BCUT2D eigenvalue weighted by molar-refractivity contribution is 6.10. The van der Waals surface area contributed by atoms with Crippen molar-refractivity contribution in [1.29, 1.82) is 0 Å². The number of aromatic nitrogens is 1. The van der Waals surface area contributed by atoms with Crippen LogP contribution in [-0.4, -0.2) is 4.57 Å². The molecule has 0 aliphatic heterocycles. The van der Waals surface area contributed by atoms with Crippen LogP contribution in [0.15, 0.2) is 231 Å². The van der Waals surface area contributed by atoms with E-state index in [4.69, 9.17) is 0 Å². The predicted molar refractivity (Wildman–Crippen MR) is 284 cm³/mol. The second kappa shape index (κ2) is 16.0. The molecule has 1 aliphatic carbocycles. The Kier molecular flexibility index (Phi) is 9.66. The minimum absolute atomic E-state index is 0.0460. The summed E-state index contributed by atoms with van der Waals surface area (Å²) in [5, 5.41) is 2.48. The Labute approximate surface area is 393 Å². The van der Waals surface area contributed by atoms with E-state index < -0.39 is 0 Å². The van der Waals surface area contributed by atoms with E-state index in [-0.39, 0.29) is 5.41 Å². The van der Waals surface area contributed by atoms with Crippen LogP contribution in [0.1, 0.15) is 36.1 Å². The third kappa shape index (κ3) is 7.05. The van der Waals surface area contributed by atoms with Crippen molar-refractivity contribution >= 4 is 38.9 Å². The zero-order chi connectivity index (χ0) is 45.2. The predicted octanol–water partition coefficient (Wildman–Crippen LogP) is 17.8. The third-order valence-corrected chi connectivity index (χ3v) is 14.1. The van der Waals surface area contributed by atoms with Gasteiger partial charge in [-0.3, -0.25) is 0 Å². The van der Waals surface area contributed by atoms with Gasteiger partial charge in [0.2, 0.25) is 0 Å². The normalized spacial score (nSPS) is 12.6. The number of nitrogens with zero attached hydrogens (tertiary/aromatic N) is 2. The van der Waals surface area contributed by atoms with Gasteiger partial charge >= 0.3 is 0 Å². The zero-order valence-corrected chi connectivity index (χ0v) is 38.3. The molecule has 10 aromatic carbocycles. The number of fused-ring (bicyclic) bond motifs is 6. The number of benzene rings is 10. The number of aryl methyl sites for hydroxylation is 2. The van der Waals surface area contributed by atoms with Gasteiger partial charge in [-0.1, -0.05) is 177 Å². The highest BCUT2D eigenvalue weighted by Gasteiger charge is 2.35. The number of rotatable bonds is 8. The summed E-state index contributed by atoms with van der Waals surface area (Å²) >= 11 is 0. The fraction of sp³-hybridized carbons (Fsp3) is 0.0769. The molecule has 2 nitrogen and oxygen atoms in total. The number of hydrogen-bond acceptors (Lipinski definition) is 1. The smallest absolute Gasteiger partial charge is 0.0541 e. The van der Waals surface area contributed by atoms with Gasteiger partial charge in [0.05, 0.1) is 11.0 Å².